The number of hydrogen-bond donors (Lipinski definition) is 0. The summed E-state index contributed by atoms with van der Waals surface area (Å²) in [5, 5.41) is 0. The Morgan fingerprint density at radius 1 is 0.935 bits per heavy atom. The number of benzene rings is 1. The number of rotatable bonds is 4. The molecule has 5 rings (SSSR count). The molecule has 1 aromatic rings. The molecule has 2 atom stereocenters. The van der Waals surface area contributed by atoms with Crippen molar-refractivity contribution in [2.45, 2.75) is 51.9 Å². The average Bonchev–Trinajstić information content (AvgIpc) is 3.51. The molecule has 5 nitrogen and oxygen atoms in total. The lowest BCUT2D eigenvalue weighted by Crippen LogP contribution is -2.49. The third-order valence-corrected chi connectivity index (χ3v) is 9.03. The summed E-state index contributed by atoms with van der Waals surface area (Å²) >= 11 is 0. The van der Waals surface area contributed by atoms with Crippen molar-refractivity contribution < 1.29 is 9.59 Å². The highest BCUT2D eigenvalue weighted by Gasteiger charge is 2.65. The summed E-state index contributed by atoms with van der Waals surface area (Å²) in [4.78, 5) is 32.8. The van der Waals surface area contributed by atoms with E-state index in [1.54, 1.807) is 6.92 Å². The van der Waals surface area contributed by atoms with E-state index in [9.17, 15) is 9.59 Å². The van der Waals surface area contributed by atoms with Gasteiger partial charge in [-0.05, 0) is 74.9 Å². The van der Waals surface area contributed by atoms with Gasteiger partial charge < -0.3 is 14.7 Å². The Labute approximate surface area is 186 Å². The van der Waals surface area contributed by atoms with Crippen molar-refractivity contribution in [2.24, 2.45) is 16.7 Å². The predicted molar refractivity (Wildman–Crippen MR) is 121 cm³/mol. The highest BCUT2D eigenvalue weighted by atomic mass is 16.2. The second kappa shape index (κ2) is 8.23. The van der Waals surface area contributed by atoms with Crippen LogP contribution >= 0.6 is 0 Å². The first kappa shape index (κ1) is 21.0. The van der Waals surface area contributed by atoms with E-state index in [1.807, 2.05) is 4.90 Å². The van der Waals surface area contributed by atoms with E-state index in [2.05, 4.69) is 40.1 Å². The zero-order chi connectivity index (χ0) is 21.5. The molecule has 4 aliphatic rings. The summed E-state index contributed by atoms with van der Waals surface area (Å²) in [6.45, 7) is 8.30. The van der Waals surface area contributed by atoms with Gasteiger partial charge in [-0.3, -0.25) is 9.59 Å². The zero-order valence-electron chi connectivity index (χ0n) is 19.0. The van der Waals surface area contributed by atoms with Gasteiger partial charge in [0.05, 0.1) is 5.41 Å². The maximum absolute atomic E-state index is 13.7. The first-order chi connectivity index (χ1) is 15.0. The lowest BCUT2D eigenvalue weighted by molar-refractivity contribution is -0.143. The van der Waals surface area contributed by atoms with Crippen LogP contribution in [0, 0.1) is 16.7 Å². The Kier molecular flexibility index (Phi) is 5.58. The van der Waals surface area contributed by atoms with Crippen molar-refractivity contribution in [3.63, 3.8) is 0 Å². The fourth-order valence-corrected chi connectivity index (χ4v) is 7.14. The van der Waals surface area contributed by atoms with Crippen LogP contribution in [0.1, 0.15) is 51.0 Å². The third-order valence-electron chi connectivity index (χ3n) is 9.03. The van der Waals surface area contributed by atoms with Crippen LogP contribution in [-0.2, 0) is 16.0 Å². The Morgan fingerprint density at radius 2 is 1.65 bits per heavy atom. The van der Waals surface area contributed by atoms with Gasteiger partial charge in [-0.25, -0.2) is 0 Å². The molecule has 0 radical (unpaired) electrons. The number of piperidine rings is 1. The summed E-state index contributed by atoms with van der Waals surface area (Å²) in [6, 6.07) is 10.8. The minimum absolute atomic E-state index is 0.137. The van der Waals surface area contributed by atoms with Crippen LogP contribution in [0.15, 0.2) is 30.3 Å². The van der Waals surface area contributed by atoms with Crippen LogP contribution in [0.25, 0.3) is 0 Å². The number of amides is 2. The molecule has 0 aromatic heterocycles. The Bertz CT molecular complexity index is 811. The number of nitrogens with zero attached hydrogens (tertiary/aromatic N) is 3. The summed E-state index contributed by atoms with van der Waals surface area (Å²) in [7, 11) is 0. The molecule has 0 bridgehead atoms. The number of hydrogen-bond acceptors (Lipinski definition) is 3. The smallest absolute Gasteiger partial charge is 0.230 e. The van der Waals surface area contributed by atoms with Gasteiger partial charge in [-0.2, -0.15) is 0 Å². The minimum Gasteiger partial charge on any atom is -0.342 e. The first-order valence-electron chi connectivity index (χ1n) is 12.3. The van der Waals surface area contributed by atoms with E-state index in [0.717, 1.165) is 71.4 Å². The first-order valence-corrected chi connectivity index (χ1v) is 12.3. The van der Waals surface area contributed by atoms with Crippen LogP contribution in [-0.4, -0.2) is 72.3 Å². The average molecular weight is 424 g/mol. The van der Waals surface area contributed by atoms with Crippen LogP contribution in [0.4, 0.5) is 0 Å². The fourth-order valence-electron chi connectivity index (χ4n) is 7.14. The Morgan fingerprint density at radius 3 is 2.32 bits per heavy atom. The van der Waals surface area contributed by atoms with Crippen LogP contribution in [0.2, 0.25) is 0 Å². The number of fused-ring (bicyclic) bond motifs is 2. The maximum atomic E-state index is 13.7. The molecular formula is C26H37N3O2. The quantitative estimate of drug-likeness (QED) is 0.747. The molecule has 1 saturated carbocycles. The van der Waals surface area contributed by atoms with Gasteiger partial charge >= 0.3 is 0 Å². The van der Waals surface area contributed by atoms with Gasteiger partial charge in [-0.15, -0.1) is 0 Å². The van der Waals surface area contributed by atoms with Gasteiger partial charge in [0, 0.05) is 39.6 Å². The number of likely N-dealkylation sites (tertiary alicyclic amines) is 3. The zero-order valence-corrected chi connectivity index (χ0v) is 19.0. The van der Waals surface area contributed by atoms with Crippen LogP contribution < -0.4 is 0 Å². The van der Waals surface area contributed by atoms with Crippen molar-refractivity contribution in [1.29, 1.82) is 0 Å². The van der Waals surface area contributed by atoms with Crippen molar-refractivity contribution in [3.05, 3.63) is 35.9 Å². The highest BCUT2D eigenvalue weighted by molar-refractivity contribution is 5.86. The molecule has 4 fully saturated rings. The van der Waals surface area contributed by atoms with E-state index in [4.69, 9.17) is 0 Å². The van der Waals surface area contributed by atoms with Gasteiger partial charge in [0.25, 0.3) is 0 Å². The highest BCUT2D eigenvalue weighted by Crippen LogP contribution is 2.62. The van der Waals surface area contributed by atoms with E-state index >= 15 is 0 Å². The second-order valence-corrected chi connectivity index (χ2v) is 10.5. The molecule has 0 N–H and O–H groups in total. The van der Waals surface area contributed by atoms with Crippen molar-refractivity contribution >= 4 is 11.8 Å². The minimum atomic E-state index is -0.317. The molecule has 3 aliphatic heterocycles. The predicted octanol–water partition coefficient (Wildman–Crippen LogP) is 3.19. The lowest BCUT2D eigenvalue weighted by Gasteiger charge is -2.44. The molecule has 168 valence electrons. The number of carbonyl (C=O) groups is 2. The van der Waals surface area contributed by atoms with Crippen molar-refractivity contribution in [3.8, 4) is 0 Å². The number of carbonyl (C=O) groups excluding carboxylic acids is 2. The summed E-state index contributed by atoms with van der Waals surface area (Å²) in [6.07, 6.45) is 7.85. The molecule has 2 amide bonds. The maximum Gasteiger partial charge on any atom is 0.230 e. The van der Waals surface area contributed by atoms with E-state index in [0.29, 0.717) is 18.4 Å². The molecule has 3 saturated heterocycles. The van der Waals surface area contributed by atoms with Crippen LogP contribution in [0.5, 0.6) is 0 Å². The topological polar surface area (TPSA) is 43.9 Å². The Balaban J connectivity index is 1.29. The van der Waals surface area contributed by atoms with Gasteiger partial charge in [0.15, 0.2) is 0 Å². The fraction of sp³-hybridized carbons (Fsp3) is 0.692. The summed E-state index contributed by atoms with van der Waals surface area (Å²) in [5.74, 6) is 0.842. The van der Waals surface area contributed by atoms with E-state index in [-0.39, 0.29) is 16.7 Å². The van der Waals surface area contributed by atoms with Crippen molar-refractivity contribution in [2.75, 3.05) is 45.8 Å². The van der Waals surface area contributed by atoms with E-state index in [1.165, 1.54) is 18.4 Å². The lowest BCUT2D eigenvalue weighted by atomic mass is 9.65. The molecule has 1 aromatic carbocycles. The molecule has 31 heavy (non-hydrogen) atoms. The second-order valence-electron chi connectivity index (χ2n) is 10.5. The molecular weight excluding hydrogens is 386 g/mol. The van der Waals surface area contributed by atoms with Crippen molar-refractivity contribution in [1.82, 2.24) is 14.7 Å². The standard InChI is InChI=1S/C26H37N3O2/c1-21(30)29-19-23-25(10-11-26(23,20-29)24(31)28-14-5-6-15-28)12-17-27(18-13-25)16-9-22-7-3-2-4-8-22/h2-4,7-8,23H,5-6,9-20H2,1H3/t23-,26+/m0/s1. The van der Waals surface area contributed by atoms with Gasteiger partial charge in [0.2, 0.25) is 11.8 Å². The largest absolute Gasteiger partial charge is 0.342 e. The summed E-state index contributed by atoms with van der Waals surface area (Å²) in [5.41, 5.74) is 1.33. The van der Waals surface area contributed by atoms with Gasteiger partial charge in [-0.1, -0.05) is 30.3 Å². The monoisotopic (exact) mass is 423 g/mol. The van der Waals surface area contributed by atoms with Gasteiger partial charge in [0.1, 0.15) is 0 Å². The molecule has 3 heterocycles. The Hall–Kier alpha value is -1.88. The van der Waals surface area contributed by atoms with Crippen LogP contribution in [0.3, 0.4) is 0 Å². The SMILES string of the molecule is CC(=O)N1C[C@H]2C3(CCN(CCc4ccccc4)CC3)CC[C@@]2(C(=O)N2CCCC2)C1. The molecule has 5 heteroatoms. The molecule has 1 spiro atoms. The molecule has 0 unspecified atom stereocenters. The van der Waals surface area contributed by atoms with E-state index < -0.39 is 0 Å². The summed E-state index contributed by atoms with van der Waals surface area (Å²) < 4.78 is 0. The molecule has 1 aliphatic carbocycles. The normalized spacial score (nSPS) is 30.2. The third kappa shape index (κ3) is 3.69.